The zero-order chi connectivity index (χ0) is 13.9. The van der Waals surface area contributed by atoms with Gasteiger partial charge in [-0.3, -0.25) is 9.78 Å². The molecule has 102 valence electrons. The molecular formula is C14H13N3OS2. The maximum absolute atomic E-state index is 12.2. The Kier molecular flexibility index (Phi) is 3.66. The van der Waals surface area contributed by atoms with Gasteiger partial charge in [-0.05, 0) is 30.0 Å². The minimum Gasteiger partial charge on any atom is -0.396 e. The van der Waals surface area contributed by atoms with Crippen LogP contribution >= 0.6 is 22.7 Å². The number of aromatic nitrogens is 1. The number of carbonyl (C=O) groups excluding carboxylic acids is 1. The van der Waals surface area contributed by atoms with Crippen molar-refractivity contribution in [2.24, 2.45) is 0 Å². The molecule has 0 bridgehead atoms. The lowest BCUT2D eigenvalue weighted by molar-refractivity contribution is 0.0959. The third-order valence-electron chi connectivity index (χ3n) is 2.93. The molecule has 0 aliphatic heterocycles. The van der Waals surface area contributed by atoms with E-state index in [4.69, 9.17) is 5.73 Å². The van der Waals surface area contributed by atoms with Gasteiger partial charge in [0.25, 0.3) is 5.91 Å². The first-order chi connectivity index (χ1) is 9.75. The summed E-state index contributed by atoms with van der Waals surface area (Å²) in [7, 11) is 0. The van der Waals surface area contributed by atoms with Gasteiger partial charge in [-0.25, -0.2) is 0 Å². The Morgan fingerprint density at radius 3 is 3.00 bits per heavy atom. The number of thiophene rings is 2. The number of nitrogen functional groups attached to an aromatic ring is 1. The van der Waals surface area contributed by atoms with Crippen LogP contribution in [0.3, 0.4) is 0 Å². The lowest BCUT2D eigenvalue weighted by Crippen LogP contribution is -2.25. The molecule has 1 amide bonds. The van der Waals surface area contributed by atoms with Crippen LogP contribution in [0, 0.1) is 0 Å². The maximum atomic E-state index is 12.2. The van der Waals surface area contributed by atoms with Crippen molar-refractivity contribution in [2.75, 3.05) is 12.3 Å². The summed E-state index contributed by atoms with van der Waals surface area (Å²) in [4.78, 5) is 18.2. The van der Waals surface area contributed by atoms with Crippen molar-refractivity contribution in [3.63, 3.8) is 0 Å². The fourth-order valence-electron chi connectivity index (χ4n) is 1.95. The number of nitrogens with two attached hydrogens (primary N) is 1. The summed E-state index contributed by atoms with van der Waals surface area (Å²) < 4.78 is 0.938. The molecule has 3 rings (SSSR count). The summed E-state index contributed by atoms with van der Waals surface area (Å²) in [5.74, 6) is -0.123. The molecule has 6 heteroatoms. The largest absolute Gasteiger partial charge is 0.396 e. The van der Waals surface area contributed by atoms with E-state index in [2.05, 4.69) is 16.4 Å². The first-order valence-electron chi connectivity index (χ1n) is 6.19. The number of amides is 1. The van der Waals surface area contributed by atoms with Gasteiger partial charge in [0.1, 0.15) is 10.4 Å². The molecule has 0 fully saturated rings. The van der Waals surface area contributed by atoms with Gasteiger partial charge in [0.2, 0.25) is 0 Å². The number of fused-ring (bicyclic) bond motifs is 1. The second kappa shape index (κ2) is 5.60. The Balaban J connectivity index is 1.71. The minimum atomic E-state index is -0.123. The quantitative estimate of drug-likeness (QED) is 0.778. The standard InChI is InChI=1S/C14H13N3OS2/c15-11-12-10(4-1-6-16-12)20-13(11)14(18)17-7-5-9-3-2-8-19-9/h1-4,6,8H,5,7,15H2,(H,17,18). The molecule has 3 heterocycles. The topological polar surface area (TPSA) is 68.0 Å². The van der Waals surface area contributed by atoms with Crippen LogP contribution in [-0.2, 0) is 6.42 Å². The Bertz CT molecular complexity index is 734. The highest BCUT2D eigenvalue weighted by Gasteiger charge is 2.16. The molecule has 0 aliphatic carbocycles. The highest BCUT2D eigenvalue weighted by Crippen LogP contribution is 2.31. The van der Waals surface area contributed by atoms with Crippen LogP contribution in [-0.4, -0.2) is 17.4 Å². The summed E-state index contributed by atoms with van der Waals surface area (Å²) in [5, 5.41) is 4.94. The third kappa shape index (κ3) is 2.52. The number of rotatable bonds is 4. The molecule has 3 aromatic heterocycles. The molecule has 3 aromatic rings. The molecule has 0 aromatic carbocycles. The number of anilines is 1. The van der Waals surface area contributed by atoms with Gasteiger partial charge < -0.3 is 11.1 Å². The summed E-state index contributed by atoms with van der Waals surface area (Å²) in [6.45, 7) is 0.612. The third-order valence-corrected chi connectivity index (χ3v) is 5.02. The zero-order valence-electron chi connectivity index (χ0n) is 10.6. The molecule has 0 spiro atoms. The second-order valence-corrected chi connectivity index (χ2v) is 6.36. The SMILES string of the molecule is Nc1c(C(=O)NCCc2cccs2)sc2cccnc12. The molecule has 0 saturated carbocycles. The average Bonchev–Trinajstić information content (AvgIpc) is 3.08. The van der Waals surface area contributed by atoms with E-state index in [1.807, 2.05) is 23.6 Å². The van der Waals surface area contributed by atoms with Crippen molar-refractivity contribution in [3.05, 3.63) is 45.6 Å². The van der Waals surface area contributed by atoms with Crippen LogP contribution in [0.1, 0.15) is 14.5 Å². The van der Waals surface area contributed by atoms with E-state index in [9.17, 15) is 4.79 Å². The summed E-state index contributed by atoms with van der Waals surface area (Å²) in [6, 6.07) is 7.84. The molecule has 0 radical (unpaired) electrons. The first-order valence-corrected chi connectivity index (χ1v) is 7.89. The van der Waals surface area contributed by atoms with Crippen LogP contribution in [0.5, 0.6) is 0 Å². The van der Waals surface area contributed by atoms with Crippen molar-refractivity contribution in [3.8, 4) is 0 Å². The van der Waals surface area contributed by atoms with Crippen molar-refractivity contribution in [1.29, 1.82) is 0 Å². The van der Waals surface area contributed by atoms with Gasteiger partial charge in [0.15, 0.2) is 0 Å². The van der Waals surface area contributed by atoms with Gasteiger partial charge in [-0.1, -0.05) is 6.07 Å². The molecule has 4 nitrogen and oxygen atoms in total. The zero-order valence-corrected chi connectivity index (χ0v) is 12.3. The first kappa shape index (κ1) is 13.1. The highest BCUT2D eigenvalue weighted by atomic mass is 32.1. The molecule has 20 heavy (non-hydrogen) atoms. The molecule has 3 N–H and O–H groups in total. The number of hydrogen-bond donors (Lipinski definition) is 2. The smallest absolute Gasteiger partial charge is 0.263 e. The summed E-state index contributed by atoms with van der Waals surface area (Å²) in [6.07, 6.45) is 2.52. The molecule has 0 saturated heterocycles. The Morgan fingerprint density at radius 2 is 2.25 bits per heavy atom. The number of nitrogens with zero attached hydrogens (tertiary/aromatic N) is 1. The monoisotopic (exact) mass is 303 g/mol. The number of pyridine rings is 1. The van der Waals surface area contributed by atoms with E-state index < -0.39 is 0 Å². The van der Waals surface area contributed by atoms with E-state index in [-0.39, 0.29) is 5.91 Å². The van der Waals surface area contributed by atoms with Crippen LogP contribution in [0.25, 0.3) is 10.2 Å². The summed E-state index contributed by atoms with van der Waals surface area (Å²) in [5.41, 5.74) is 7.18. The van der Waals surface area contributed by atoms with Crippen LogP contribution < -0.4 is 11.1 Å². The fourth-order valence-corrected chi connectivity index (χ4v) is 3.66. The lowest BCUT2D eigenvalue weighted by Gasteiger charge is -2.03. The average molecular weight is 303 g/mol. The van der Waals surface area contributed by atoms with Gasteiger partial charge in [0, 0.05) is 17.6 Å². The van der Waals surface area contributed by atoms with Gasteiger partial charge in [-0.2, -0.15) is 0 Å². The van der Waals surface area contributed by atoms with E-state index in [0.29, 0.717) is 22.6 Å². The maximum Gasteiger partial charge on any atom is 0.263 e. The second-order valence-electron chi connectivity index (χ2n) is 4.28. The van der Waals surface area contributed by atoms with Crippen molar-refractivity contribution in [2.45, 2.75) is 6.42 Å². The molecule has 0 atom stereocenters. The van der Waals surface area contributed by atoms with Crippen LogP contribution in [0.4, 0.5) is 5.69 Å². The molecular weight excluding hydrogens is 290 g/mol. The predicted molar refractivity (Wildman–Crippen MR) is 84.4 cm³/mol. The molecule has 0 unspecified atom stereocenters. The predicted octanol–water partition coefficient (Wildman–Crippen LogP) is 2.91. The Morgan fingerprint density at radius 1 is 1.35 bits per heavy atom. The van der Waals surface area contributed by atoms with E-state index in [1.165, 1.54) is 16.2 Å². The summed E-state index contributed by atoms with van der Waals surface area (Å²) >= 11 is 3.08. The number of nitrogens with one attached hydrogen (secondary N) is 1. The van der Waals surface area contributed by atoms with Gasteiger partial charge >= 0.3 is 0 Å². The minimum absolute atomic E-state index is 0.123. The highest BCUT2D eigenvalue weighted by molar-refractivity contribution is 7.21. The van der Waals surface area contributed by atoms with E-state index >= 15 is 0 Å². The van der Waals surface area contributed by atoms with Crippen LogP contribution in [0.15, 0.2) is 35.8 Å². The Labute approximate surface area is 124 Å². The number of carbonyl (C=O) groups is 1. The Hall–Kier alpha value is -1.92. The van der Waals surface area contributed by atoms with E-state index in [0.717, 1.165) is 11.1 Å². The van der Waals surface area contributed by atoms with Gasteiger partial charge in [0.05, 0.1) is 10.4 Å². The molecule has 0 aliphatic rings. The normalized spacial score (nSPS) is 10.8. The lowest BCUT2D eigenvalue weighted by atomic mass is 10.3. The van der Waals surface area contributed by atoms with Gasteiger partial charge in [-0.15, -0.1) is 22.7 Å². The van der Waals surface area contributed by atoms with Crippen molar-refractivity contribution in [1.82, 2.24) is 10.3 Å². The number of hydrogen-bond acceptors (Lipinski definition) is 5. The fraction of sp³-hybridized carbons (Fsp3) is 0.143. The van der Waals surface area contributed by atoms with Crippen molar-refractivity contribution < 1.29 is 4.79 Å². The van der Waals surface area contributed by atoms with Crippen molar-refractivity contribution >= 4 is 44.5 Å². The van der Waals surface area contributed by atoms with E-state index in [1.54, 1.807) is 17.5 Å². The van der Waals surface area contributed by atoms with Crippen LogP contribution in [0.2, 0.25) is 0 Å².